The third-order valence-electron chi connectivity index (χ3n) is 15.3. The second kappa shape index (κ2) is 14.8. The Morgan fingerprint density at radius 2 is 1.78 bits per heavy atom. The molecule has 5 N–H and O–H groups in total. The Hall–Kier alpha value is -3.53. The number of aromatic nitrogens is 1. The highest BCUT2D eigenvalue weighted by Gasteiger charge is 2.66. The van der Waals surface area contributed by atoms with Gasteiger partial charge in [-0.3, -0.25) is 9.78 Å². The Morgan fingerprint density at radius 3 is 2.50 bits per heavy atom. The van der Waals surface area contributed by atoms with Crippen LogP contribution in [-0.4, -0.2) is 62.3 Å². The van der Waals surface area contributed by atoms with Crippen LogP contribution in [0.15, 0.2) is 48.5 Å². The summed E-state index contributed by atoms with van der Waals surface area (Å²) in [7, 11) is 1.38. The standard InChI is InChI=1S/C45H60N2O7/c1-26(11-16-38(50)51)32-13-14-33-40-34(23-37(49)44(32,33)4)43(3)19-20-45(53,24-30(43)22-36(40)48)18-17-28-12-15-35-31(21-28)41(39(27(2)47-35)42(52)54-5)46-25-29-9-7-6-8-10-29/h6-10,12,15,21,26,30,32-34,36-37,40,48-49,53H,11,13-14,16-20,22-25H2,1-5H3,(H,46,47)(H,50,51)/t26?,30?,32-,33?,34?,36?,37?,40?,43?,44?,45-/m1/s1. The molecule has 0 radical (unpaired) electrons. The van der Waals surface area contributed by atoms with Gasteiger partial charge in [-0.2, -0.15) is 0 Å². The maximum absolute atomic E-state index is 13.0. The highest BCUT2D eigenvalue weighted by Crippen LogP contribution is 2.69. The lowest BCUT2D eigenvalue weighted by molar-refractivity contribution is -0.216. The van der Waals surface area contributed by atoms with Gasteiger partial charge in [-0.1, -0.05) is 57.2 Å². The number of carbonyl (C=O) groups is 2. The molecule has 0 bridgehead atoms. The molecular formula is C45H60N2O7. The average Bonchev–Trinajstić information content (AvgIpc) is 3.51. The lowest BCUT2D eigenvalue weighted by Crippen LogP contribution is -2.63. The molecule has 4 aliphatic carbocycles. The molecule has 0 spiro atoms. The summed E-state index contributed by atoms with van der Waals surface area (Å²) < 4.78 is 5.18. The number of aliphatic carboxylic acids is 1. The monoisotopic (exact) mass is 740 g/mol. The van der Waals surface area contributed by atoms with Crippen molar-refractivity contribution in [2.24, 2.45) is 46.3 Å². The van der Waals surface area contributed by atoms with Crippen molar-refractivity contribution in [2.45, 2.75) is 123 Å². The molecule has 4 fully saturated rings. The normalized spacial score (nSPS) is 35.1. The highest BCUT2D eigenvalue weighted by atomic mass is 16.5. The van der Waals surface area contributed by atoms with Crippen LogP contribution >= 0.6 is 0 Å². The molecule has 54 heavy (non-hydrogen) atoms. The van der Waals surface area contributed by atoms with E-state index in [1.54, 1.807) is 0 Å². The van der Waals surface area contributed by atoms with E-state index in [4.69, 9.17) is 9.72 Å². The number of hydrogen-bond acceptors (Lipinski definition) is 8. The molecule has 9 unspecified atom stereocenters. The van der Waals surface area contributed by atoms with E-state index in [1.807, 2.05) is 43.3 Å². The van der Waals surface area contributed by atoms with Crippen molar-refractivity contribution in [3.8, 4) is 0 Å². The maximum Gasteiger partial charge on any atom is 0.341 e. The van der Waals surface area contributed by atoms with Crippen LogP contribution in [0.1, 0.15) is 112 Å². The van der Waals surface area contributed by atoms with Gasteiger partial charge in [0.2, 0.25) is 0 Å². The first-order valence-electron chi connectivity index (χ1n) is 20.3. The first kappa shape index (κ1) is 38.7. The first-order chi connectivity index (χ1) is 25.7. The van der Waals surface area contributed by atoms with Gasteiger partial charge >= 0.3 is 11.9 Å². The number of nitrogens with one attached hydrogen (secondary N) is 1. The average molecular weight is 741 g/mol. The smallest absolute Gasteiger partial charge is 0.341 e. The second-order valence-electron chi connectivity index (χ2n) is 18.1. The van der Waals surface area contributed by atoms with Gasteiger partial charge in [0.25, 0.3) is 0 Å². The number of aliphatic hydroxyl groups excluding tert-OH is 2. The molecule has 4 aliphatic rings. The summed E-state index contributed by atoms with van der Waals surface area (Å²) in [6.07, 6.45) is 6.43. The van der Waals surface area contributed by atoms with Crippen molar-refractivity contribution >= 4 is 28.5 Å². The van der Waals surface area contributed by atoms with E-state index in [0.717, 1.165) is 41.3 Å². The van der Waals surface area contributed by atoms with E-state index in [1.165, 1.54) is 7.11 Å². The minimum absolute atomic E-state index is 0.0818. The van der Waals surface area contributed by atoms with Crippen LogP contribution < -0.4 is 5.32 Å². The number of rotatable bonds is 11. The van der Waals surface area contributed by atoms with Gasteiger partial charge in [0.15, 0.2) is 0 Å². The molecule has 292 valence electrons. The van der Waals surface area contributed by atoms with Crippen LogP contribution in [0, 0.1) is 53.3 Å². The number of carboxylic acid groups (broad SMARTS) is 1. The quantitative estimate of drug-likeness (QED) is 0.125. The largest absolute Gasteiger partial charge is 0.481 e. The van der Waals surface area contributed by atoms with Crippen LogP contribution in [-0.2, 0) is 22.5 Å². The Balaban J connectivity index is 1.08. The van der Waals surface area contributed by atoms with E-state index in [0.29, 0.717) is 68.4 Å². The summed E-state index contributed by atoms with van der Waals surface area (Å²) in [5, 5.41) is 49.8. The molecule has 9 nitrogen and oxygen atoms in total. The van der Waals surface area contributed by atoms with Crippen molar-refractivity contribution in [3.63, 3.8) is 0 Å². The number of ether oxygens (including phenoxy) is 1. The summed E-state index contributed by atoms with van der Waals surface area (Å²) in [5.41, 5.74) is 3.36. The number of anilines is 1. The van der Waals surface area contributed by atoms with Gasteiger partial charge in [-0.15, -0.1) is 0 Å². The third-order valence-corrected chi connectivity index (χ3v) is 15.3. The van der Waals surface area contributed by atoms with Crippen molar-refractivity contribution in [1.82, 2.24) is 4.98 Å². The number of pyridine rings is 1. The van der Waals surface area contributed by atoms with Crippen molar-refractivity contribution in [2.75, 3.05) is 12.4 Å². The molecule has 0 saturated heterocycles. The van der Waals surface area contributed by atoms with Gasteiger partial charge in [0, 0.05) is 18.4 Å². The first-order valence-corrected chi connectivity index (χ1v) is 20.3. The SMILES string of the molecule is COC(=O)c1c(C)nc2ccc(CC[C@@]3(O)CCC4(C)C(CC(O)C5C4CC(O)C4(C)C5CC[C@@H]4C(C)CCC(=O)O)C3)cc2c1NCc1ccccc1. The zero-order valence-electron chi connectivity index (χ0n) is 32.7. The van der Waals surface area contributed by atoms with E-state index >= 15 is 0 Å². The minimum Gasteiger partial charge on any atom is -0.481 e. The number of carbonyl (C=O) groups excluding carboxylic acids is 1. The Labute approximate surface area is 319 Å². The van der Waals surface area contributed by atoms with E-state index < -0.39 is 29.7 Å². The zero-order chi connectivity index (χ0) is 38.6. The molecule has 1 heterocycles. The Morgan fingerprint density at radius 1 is 1.02 bits per heavy atom. The van der Waals surface area contributed by atoms with Gasteiger partial charge in [0.1, 0.15) is 5.56 Å². The fourth-order valence-corrected chi connectivity index (χ4v) is 12.3. The fraction of sp³-hybridized carbons (Fsp3) is 0.622. The topological polar surface area (TPSA) is 149 Å². The number of benzene rings is 2. The molecule has 2 aromatic carbocycles. The number of esters is 1. The van der Waals surface area contributed by atoms with E-state index in [9.17, 15) is 30.0 Å². The number of carboxylic acids is 1. The number of aliphatic hydroxyl groups is 3. The van der Waals surface area contributed by atoms with Crippen molar-refractivity contribution in [3.05, 3.63) is 70.9 Å². The number of methoxy groups -OCH3 is 1. The summed E-state index contributed by atoms with van der Waals surface area (Å²) in [4.78, 5) is 29.1. The van der Waals surface area contributed by atoms with Gasteiger partial charge in [0.05, 0.1) is 41.8 Å². The molecule has 4 saturated carbocycles. The van der Waals surface area contributed by atoms with Crippen LogP contribution in [0.4, 0.5) is 5.69 Å². The summed E-state index contributed by atoms with van der Waals surface area (Å²) in [6, 6.07) is 16.2. The number of nitrogens with zero attached hydrogens (tertiary/aromatic N) is 1. The number of hydrogen-bond donors (Lipinski definition) is 5. The molecule has 9 heteroatoms. The lowest BCUT2D eigenvalue weighted by Gasteiger charge is -2.64. The highest BCUT2D eigenvalue weighted by molar-refractivity contribution is 6.06. The van der Waals surface area contributed by atoms with Gasteiger partial charge in [-0.25, -0.2) is 4.79 Å². The molecule has 7 rings (SSSR count). The summed E-state index contributed by atoms with van der Waals surface area (Å²) in [5.74, 6) is -0.130. The molecule has 0 amide bonds. The third kappa shape index (κ3) is 6.83. The molecular weight excluding hydrogens is 681 g/mol. The molecule has 3 aromatic rings. The van der Waals surface area contributed by atoms with Gasteiger partial charge < -0.3 is 30.5 Å². The molecule has 0 aliphatic heterocycles. The number of fused-ring (bicyclic) bond motifs is 6. The summed E-state index contributed by atoms with van der Waals surface area (Å²) in [6.45, 7) is 9.08. The predicted molar refractivity (Wildman–Crippen MR) is 209 cm³/mol. The van der Waals surface area contributed by atoms with Crippen LogP contribution in [0.3, 0.4) is 0 Å². The van der Waals surface area contributed by atoms with Crippen LogP contribution in [0.25, 0.3) is 10.9 Å². The maximum atomic E-state index is 13.0. The minimum atomic E-state index is -0.872. The molecule has 11 atom stereocenters. The van der Waals surface area contributed by atoms with Crippen LogP contribution in [0.5, 0.6) is 0 Å². The van der Waals surface area contributed by atoms with Crippen molar-refractivity contribution in [1.29, 1.82) is 0 Å². The predicted octanol–water partition coefficient (Wildman–Crippen LogP) is 7.71. The zero-order valence-corrected chi connectivity index (χ0v) is 32.7. The molecule has 1 aromatic heterocycles. The number of aryl methyl sites for hydroxylation is 2. The van der Waals surface area contributed by atoms with Gasteiger partial charge in [-0.05, 0) is 141 Å². The van der Waals surface area contributed by atoms with E-state index in [2.05, 4.69) is 38.2 Å². The lowest BCUT2D eigenvalue weighted by atomic mass is 9.42. The Bertz CT molecular complexity index is 1870. The van der Waals surface area contributed by atoms with Crippen molar-refractivity contribution < 1.29 is 34.8 Å². The second-order valence-corrected chi connectivity index (χ2v) is 18.1. The fourth-order valence-electron chi connectivity index (χ4n) is 12.3. The van der Waals surface area contributed by atoms with E-state index in [-0.39, 0.29) is 52.8 Å². The Kier molecular flexibility index (Phi) is 10.7. The van der Waals surface area contributed by atoms with Crippen LogP contribution in [0.2, 0.25) is 0 Å². The summed E-state index contributed by atoms with van der Waals surface area (Å²) >= 11 is 0.